The highest BCUT2D eigenvalue weighted by atomic mass is 19.1. The Morgan fingerprint density at radius 3 is 2.72 bits per heavy atom. The van der Waals surface area contributed by atoms with Crippen LogP contribution in [0.4, 0.5) is 4.39 Å². The van der Waals surface area contributed by atoms with Gasteiger partial charge in [0.25, 0.3) is 0 Å². The van der Waals surface area contributed by atoms with E-state index in [2.05, 4.69) is 10.1 Å². The Labute approximate surface area is 105 Å². The first-order valence-corrected chi connectivity index (χ1v) is 5.88. The van der Waals surface area contributed by atoms with E-state index in [-0.39, 0.29) is 6.61 Å². The van der Waals surface area contributed by atoms with E-state index in [0.717, 1.165) is 6.42 Å². The Morgan fingerprint density at radius 1 is 1.44 bits per heavy atom. The fraction of sp³-hybridized carbons (Fsp3) is 0.462. The van der Waals surface area contributed by atoms with Crippen molar-refractivity contribution < 1.29 is 18.7 Å². The van der Waals surface area contributed by atoms with Crippen molar-refractivity contribution in [2.45, 2.75) is 18.6 Å². The quantitative estimate of drug-likeness (QED) is 0.657. The molecule has 2 rings (SSSR count). The smallest absolute Gasteiger partial charge is 0.337 e. The Morgan fingerprint density at radius 2 is 2.17 bits per heavy atom. The van der Waals surface area contributed by atoms with Crippen molar-refractivity contribution in [3.63, 3.8) is 0 Å². The summed E-state index contributed by atoms with van der Waals surface area (Å²) in [6, 6.07) is 6.44. The number of halogens is 1. The van der Waals surface area contributed by atoms with Crippen molar-refractivity contribution in [3.8, 4) is 5.75 Å². The number of rotatable bonds is 4. The van der Waals surface area contributed by atoms with Gasteiger partial charge in [0.2, 0.25) is 0 Å². The summed E-state index contributed by atoms with van der Waals surface area (Å²) in [5, 5.41) is 2.78. The highest BCUT2D eigenvalue weighted by molar-refractivity contribution is 5.89. The third kappa shape index (κ3) is 2.98. The lowest BCUT2D eigenvalue weighted by atomic mass is 10.2. The summed E-state index contributed by atoms with van der Waals surface area (Å²) in [7, 11) is 1.32. The van der Waals surface area contributed by atoms with Crippen LogP contribution in [-0.4, -0.2) is 32.0 Å². The monoisotopic (exact) mass is 253 g/mol. The topological polar surface area (TPSA) is 47.6 Å². The van der Waals surface area contributed by atoms with Crippen LogP contribution in [0.2, 0.25) is 0 Å². The van der Waals surface area contributed by atoms with E-state index >= 15 is 0 Å². The first-order valence-electron chi connectivity index (χ1n) is 5.88. The summed E-state index contributed by atoms with van der Waals surface area (Å²) in [6.07, 6.45) is 1.29. The zero-order chi connectivity index (χ0) is 13.0. The maximum absolute atomic E-state index is 14.0. The molecule has 1 saturated heterocycles. The van der Waals surface area contributed by atoms with E-state index in [1.807, 2.05) is 0 Å². The van der Waals surface area contributed by atoms with Gasteiger partial charge >= 0.3 is 5.97 Å². The molecule has 1 aliphatic heterocycles. The number of methoxy groups -OCH3 is 1. The second-order valence-corrected chi connectivity index (χ2v) is 4.30. The predicted octanol–water partition coefficient (Wildman–Crippen LogP) is 1.90. The molecule has 0 saturated carbocycles. The van der Waals surface area contributed by atoms with Crippen LogP contribution in [0.1, 0.15) is 23.2 Å². The van der Waals surface area contributed by atoms with Crippen molar-refractivity contribution in [3.05, 3.63) is 29.8 Å². The second-order valence-electron chi connectivity index (χ2n) is 4.30. The molecule has 1 N–H and O–H groups in total. The minimum atomic E-state index is -1.43. The molecule has 1 fully saturated rings. The van der Waals surface area contributed by atoms with Crippen LogP contribution in [0.15, 0.2) is 24.3 Å². The molecule has 0 unspecified atom stereocenters. The SMILES string of the molecule is COC(=O)c1ccc(OC[C@@]2(F)CCCN2)cc1. The summed E-state index contributed by atoms with van der Waals surface area (Å²) in [4.78, 5) is 11.2. The molecule has 0 amide bonds. The number of benzene rings is 1. The fourth-order valence-electron chi connectivity index (χ4n) is 1.90. The van der Waals surface area contributed by atoms with Gasteiger partial charge in [-0.2, -0.15) is 0 Å². The van der Waals surface area contributed by atoms with Gasteiger partial charge in [0.1, 0.15) is 12.4 Å². The van der Waals surface area contributed by atoms with Gasteiger partial charge in [-0.05, 0) is 43.7 Å². The Balaban J connectivity index is 1.92. The molecule has 98 valence electrons. The van der Waals surface area contributed by atoms with Crippen LogP contribution in [0, 0.1) is 0 Å². The lowest BCUT2D eigenvalue weighted by Crippen LogP contribution is -2.40. The summed E-state index contributed by atoms with van der Waals surface area (Å²) in [5.74, 6) is -1.30. The summed E-state index contributed by atoms with van der Waals surface area (Å²) in [5.41, 5.74) is 0.443. The Hall–Kier alpha value is -1.62. The molecule has 1 heterocycles. The molecule has 0 bridgehead atoms. The summed E-state index contributed by atoms with van der Waals surface area (Å²) < 4.78 is 23.9. The number of nitrogens with one attached hydrogen (secondary N) is 1. The molecule has 1 atom stereocenters. The van der Waals surface area contributed by atoms with E-state index in [0.29, 0.717) is 24.3 Å². The van der Waals surface area contributed by atoms with Crippen LogP contribution in [-0.2, 0) is 4.74 Å². The van der Waals surface area contributed by atoms with Crippen molar-refractivity contribution in [1.29, 1.82) is 0 Å². The van der Waals surface area contributed by atoms with Gasteiger partial charge in [0.05, 0.1) is 12.7 Å². The minimum absolute atomic E-state index is 0.0232. The van der Waals surface area contributed by atoms with Crippen LogP contribution < -0.4 is 10.1 Å². The highest BCUT2D eigenvalue weighted by Crippen LogP contribution is 2.22. The average molecular weight is 253 g/mol. The number of carbonyl (C=O) groups excluding carboxylic acids is 1. The predicted molar refractivity (Wildman–Crippen MR) is 64.4 cm³/mol. The van der Waals surface area contributed by atoms with Gasteiger partial charge in [0.15, 0.2) is 5.79 Å². The third-order valence-corrected chi connectivity index (χ3v) is 2.93. The molecule has 0 radical (unpaired) electrons. The van der Waals surface area contributed by atoms with Gasteiger partial charge < -0.3 is 9.47 Å². The van der Waals surface area contributed by atoms with Gasteiger partial charge in [-0.3, -0.25) is 5.32 Å². The van der Waals surface area contributed by atoms with E-state index in [1.165, 1.54) is 7.11 Å². The largest absolute Gasteiger partial charge is 0.489 e. The van der Waals surface area contributed by atoms with Crippen LogP contribution in [0.3, 0.4) is 0 Å². The lowest BCUT2D eigenvalue weighted by molar-refractivity contribution is 0.0599. The van der Waals surface area contributed by atoms with Crippen molar-refractivity contribution in [1.82, 2.24) is 5.32 Å². The van der Waals surface area contributed by atoms with Crippen molar-refractivity contribution >= 4 is 5.97 Å². The molecule has 1 aromatic carbocycles. The molecular formula is C13H16FNO3. The molecule has 0 spiro atoms. The Bertz CT molecular complexity index is 413. The standard InChI is InChI=1S/C13H16FNO3/c1-17-12(16)10-3-5-11(6-4-10)18-9-13(14)7-2-8-15-13/h3-6,15H,2,7-9H2,1H3/t13-/m1/s1. The first kappa shape index (κ1) is 12.8. The maximum atomic E-state index is 14.0. The summed E-state index contributed by atoms with van der Waals surface area (Å²) in [6.45, 7) is 0.658. The number of hydrogen-bond acceptors (Lipinski definition) is 4. The van der Waals surface area contributed by atoms with Crippen molar-refractivity contribution in [2.24, 2.45) is 0 Å². The number of alkyl halides is 1. The number of ether oxygens (including phenoxy) is 2. The maximum Gasteiger partial charge on any atom is 0.337 e. The van der Waals surface area contributed by atoms with Gasteiger partial charge in [-0.15, -0.1) is 0 Å². The van der Waals surface area contributed by atoms with Gasteiger partial charge in [-0.25, -0.2) is 9.18 Å². The molecule has 1 aliphatic rings. The first-order chi connectivity index (χ1) is 8.63. The number of carbonyl (C=O) groups is 1. The minimum Gasteiger partial charge on any atom is -0.489 e. The van der Waals surface area contributed by atoms with E-state index < -0.39 is 11.8 Å². The molecule has 0 aromatic heterocycles. The highest BCUT2D eigenvalue weighted by Gasteiger charge is 2.33. The van der Waals surface area contributed by atoms with Gasteiger partial charge in [0, 0.05) is 0 Å². The van der Waals surface area contributed by atoms with Gasteiger partial charge in [-0.1, -0.05) is 0 Å². The zero-order valence-corrected chi connectivity index (χ0v) is 10.2. The van der Waals surface area contributed by atoms with Crippen LogP contribution >= 0.6 is 0 Å². The third-order valence-electron chi connectivity index (χ3n) is 2.93. The fourth-order valence-corrected chi connectivity index (χ4v) is 1.90. The van der Waals surface area contributed by atoms with E-state index in [9.17, 15) is 9.18 Å². The molecular weight excluding hydrogens is 237 g/mol. The molecule has 5 heteroatoms. The normalized spacial score (nSPS) is 22.8. The molecule has 1 aromatic rings. The zero-order valence-electron chi connectivity index (χ0n) is 10.2. The number of esters is 1. The van der Waals surface area contributed by atoms with E-state index in [4.69, 9.17) is 4.74 Å². The van der Waals surface area contributed by atoms with Crippen LogP contribution in [0.5, 0.6) is 5.75 Å². The summed E-state index contributed by atoms with van der Waals surface area (Å²) >= 11 is 0. The molecule has 0 aliphatic carbocycles. The lowest BCUT2D eigenvalue weighted by Gasteiger charge is -2.20. The Kier molecular flexibility index (Phi) is 3.81. The van der Waals surface area contributed by atoms with Crippen LogP contribution in [0.25, 0.3) is 0 Å². The average Bonchev–Trinajstić information content (AvgIpc) is 2.83. The van der Waals surface area contributed by atoms with Crippen molar-refractivity contribution in [2.75, 3.05) is 20.3 Å². The second kappa shape index (κ2) is 5.35. The number of hydrogen-bond donors (Lipinski definition) is 1. The van der Waals surface area contributed by atoms with E-state index in [1.54, 1.807) is 24.3 Å². The molecule has 18 heavy (non-hydrogen) atoms. The molecule has 4 nitrogen and oxygen atoms in total.